The number of benzene rings is 13. The zero-order chi connectivity index (χ0) is 45.0. The molecule has 13 aromatic carbocycles. The third-order valence-electron chi connectivity index (χ3n) is 14.0. The Hall–Kier alpha value is -8.84. The molecule has 0 atom stereocenters. The molecule has 0 aliphatic heterocycles. The van der Waals surface area contributed by atoms with Crippen molar-refractivity contribution in [2.24, 2.45) is 0 Å². The van der Waals surface area contributed by atoms with Crippen molar-refractivity contribution in [3.05, 3.63) is 267 Å². The van der Waals surface area contributed by atoms with Crippen molar-refractivity contribution in [3.8, 4) is 77.9 Å². The van der Waals surface area contributed by atoms with E-state index in [1.54, 1.807) is 0 Å². The van der Waals surface area contributed by atoms with Crippen molar-refractivity contribution in [3.63, 3.8) is 0 Å². The van der Waals surface area contributed by atoms with Gasteiger partial charge >= 0.3 is 0 Å². The second kappa shape index (κ2) is 16.5. The summed E-state index contributed by atoms with van der Waals surface area (Å²) in [6.07, 6.45) is 0. The maximum Gasteiger partial charge on any atom is -0.00262 e. The summed E-state index contributed by atoms with van der Waals surface area (Å²) in [4.78, 5) is 0. The van der Waals surface area contributed by atoms with Crippen molar-refractivity contribution in [2.75, 3.05) is 0 Å². The van der Waals surface area contributed by atoms with Crippen LogP contribution in [0.4, 0.5) is 0 Å². The average molecular weight is 861 g/mol. The smallest absolute Gasteiger partial charge is 0.00262 e. The molecule has 0 heteroatoms. The Morgan fingerprint density at radius 3 is 0.750 bits per heavy atom. The fourth-order valence-corrected chi connectivity index (χ4v) is 10.9. The van der Waals surface area contributed by atoms with Gasteiger partial charge in [0.15, 0.2) is 0 Å². The molecule has 0 bridgehead atoms. The number of rotatable bonds is 7. The molecule has 0 heterocycles. The van der Waals surface area contributed by atoms with Gasteiger partial charge in [-0.05, 0) is 162 Å². The normalized spacial score (nSPS) is 11.5. The molecule has 0 saturated carbocycles. The highest BCUT2D eigenvalue weighted by molar-refractivity contribution is 6.23. The molecule has 0 nitrogen and oxygen atoms in total. The predicted octanol–water partition coefficient (Wildman–Crippen LogP) is 19.1. The monoisotopic (exact) mass is 860 g/mol. The zero-order valence-electron chi connectivity index (χ0n) is 37.4. The topological polar surface area (TPSA) is 0 Å². The number of hydrogen-bond donors (Lipinski definition) is 0. The Morgan fingerprint density at radius 2 is 0.382 bits per heavy atom. The standard InChI is InChI=1S/C68H44/c1-2-19-46(20-3-1)65-57-30-6-8-32-59(57)66(60-33-9-7-31-58(60)65)54-27-15-24-50(42-54)48-22-14-23-49(41-48)51-25-16-28-55(43-51)67-61-34-10-12-36-63(61)68(64-37-13-11-35-62(64)67)56-29-17-26-52(44-56)53-39-38-45-18-4-5-21-47(45)40-53/h1-44H. The third-order valence-corrected chi connectivity index (χ3v) is 14.0. The largest absolute Gasteiger partial charge is 0.0622 e. The minimum Gasteiger partial charge on any atom is -0.0622 e. The first kappa shape index (κ1) is 39.5. The Labute approximate surface area is 396 Å². The quantitative estimate of drug-likeness (QED) is 0.140. The molecule has 0 saturated heterocycles. The molecule has 0 aliphatic rings. The van der Waals surface area contributed by atoms with Crippen LogP contribution in [0.2, 0.25) is 0 Å². The fraction of sp³-hybridized carbons (Fsp3) is 0. The molecule has 0 radical (unpaired) electrons. The van der Waals surface area contributed by atoms with Crippen LogP contribution in [-0.2, 0) is 0 Å². The van der Waals surface area contributed by atoms with Crippen molar-refractivity contribution in [1.29, 1.82) is 0 Å². The Morgan fingerprint density at radius 1 is 0.132 bits per heavy atom. The van der Waals surface area contributed by atoms with Crippen LogP contribution >= 0.6 is 0 Å². The van der Waals surface area contributed by atoms with Crippen LogP contribution in [0, 0.1) is 0 Å². The molecule has 13 rings (SSSR count). The molecule has 68 heavy (non-hydrogen) atoms. The van der Waals surface area contributed by atoms with E-state index in [-0.39, 0.29) is 0 Å². The van der Waals surface area contributed by atoms with Crippen molar-refractivity contribution < 1.29 is 0 Å². The molecule has 0 aliphatic carbocycles. The van der Waals surface area contributed by atoms with Gasteiger partial charge in [0, 0.05) is 0 Å². The first-order valence-corrected chi connectivity index (χ1v) is 23.6. The first-order chi connectivity index (χ1) is 33.7. The van der Waals surface area contributed by atoms with Gasteiger partial charge in [0.25, 0.3) is 0 Å². The lowest BCUT2D eigenvalue weighted by Crippen LogP contribution is -1.92. The molecule has 0 fully saturated rings. The summed E-state index contributed by atoms with van der Waals surface area (Å²) < 4.78 is 0. The second-order valence-corrected chi connectivity index (χ2v) is 17.9. The van der Waals surface area contributed by atoms with Gasteiger partial charge in [-0.1, -0.05) is 237 Å². The van der Waals surface area contributed by atoms with E-state index in [4.69, 9.17) is 0 Å². The predicted molar refractivity (Wildman–Crippen MR) is 292 cm³/mol. The van der Waals surface area contributed by atoms with Gasteiger partial charge < -0.3 is 0 Å². The molecule has 0 amide bonds. The Balaban J connectivity index is 0.905. The van der Waals surface area contributed by atoms with Gasteiger partial charge in [-0.2, -0.15) is 0 Å². The molecule has 0 aromatic heterocycles. The lowest BCUT2D eigenvalue weighted by atomic mass is 9.84. The van der Waals surface area contributed by atoms with Gasteiger partial charge in [0.1, 0.15) is 0 Å². The van der Waals surface area contributed by atoms with E-state index in [1.165, 1.54) is 132 Å². The van der Waals surface area contributed by atoms with Crippen LogP contribution in [-0.4, -0.2) is 0 Å². The molecular formula is C68H44. The highest BCUT2D eigenvalue weighted by atomic mass is 14.2. The van der Waals surface area contributed by atoms with Crippen LogP contribution in [0.5, 0.6) is 0 Å². The van der Waals surface area contributed by atoms with Crippen molar-refractivity contribution >= 4 is 53.9 Å². The highest BCUT2D eigenvalue weighted by Gasteiger charge is 2.19. The van der Waals surface area contributed by atoms with Crippen molar-refractivity contribution in [2.45, 2.75) is 0 Å². The highest BCUT2D eigenvalue weighted by Crippen LogP contribution is 2.47. The van der Waals surface area contributed by atoms with Gasteiger partial charge in [0.05, 0.1) is 0 Å². The minimum atomic E-state index is 1.19. The van der Waals surface area contributed by atoms with Crippen LogP contribution in [0.3, 0.4) is 0 Å². The van der Waals surface area contributed by atoms with E-state index in [2.05, 4.69) is 267 Å². The van der Waals surface area contributed by atoms with E-state index in [1.807, 2.05) is 0 Å². The lowest BCUT2D eigenvalue weighted by molar-refractivity contribution is 1.58. The molecule has 0 unspecified atom stereocenters. The van der Waals surface area contributed by atoms with Gasteiger partial charge in [0.2, 0.25) is 0 Å². The van der Waals surface area contributed by atoms with E-state index in [0.717, 1.165) is 0 Å². The molecular weight excluding hydrogens is 817 g/mol. The summed E-state index contributed by atoms with van der Waals surface area (Å²) in [5.41, 5.74) is 17.1. The summed E-state index contributed by atoms with van der Waals surface area (Å²) in [6.45, 7) is 0. The van der Waals surface area contributed by atoms with Gasteiger partial charge in [-0.15, -0.1) is 0 Å². The fourth-order valence-electron chi connectivity index (χ4n) is 10.9. The van der Waals surface area contributed by atoms with E-state index >= 15 is 0 Å². The van der Waals surface area contributed by atoms with Gasteiger partial charge in [-0.25, -0.2) is 0 Å². The second-order valence-electron chi connectivity index (χ2n) is 17.9. The maximum atomic E-state index is 2.39. The maximum absolute atomic E-state index is 2.39. The summed E-state index contributed by atoms with van der Waals surface area (Å²) in [6, 6.07) is 98.3. The lowest BCUT2D eigenvalue weighted by Gasteiger charge is -2.19. The summed E-state index contributed by atoms with van der Waals surface area (Å²) in [5, 5.41) is 12.6. The third kappa shape index (κ3) is 6.77. The van der Waals surface area contributed by atoms with E-state index < -0.39 is 0 Å². The van der Waals surface area contributed by atoms with Gasteiger partial charge in [-0.3, -0.25) is 0 Å². The average Bonchev–Trinajstić information content (AvgIpc) is 3.41. The SMILES string of the molecule is c1ccc(-c2c3ccccc3c(-c3cccc(-c4cccc(-c5cccc(-c6c7ccccc7c(-c7cccc(-c8ccc9ccccc9c8)c7)c7ccccc67)c5)c4)c3)c3ccccc23)cc1. The van der Waals surface area contributed by atoms with Crippen LogP contribution in [0.1, 0.15) is 0 Å². The Kier molecular flexibility index (Phi) is 9.62. The zero-order valence-corrected chi connectivity index (χ0v) is 37.4. The summed E-state index contributed by atoms with van der Waals surface area (Å²) in [7, 11) is 0. The minimum absolute atomic E-state index is 1.19. The van der Waals surface area contributed by atoms with Crippen LogP contribution in [0.15, 0.2) is 267 Å². The van der Waals surface area contributed by atoms with Crippen LogP contribution in [0.25, 0.3) is 132 Å². The van der Waals surface area contributed by atoms with E-state index in [9.17, 15) is 0 Å². The summed E-state index contributed by atoms with van der Waals surface area (Å²) in [5.74, 6) is 0. The van der Waals surface area contributed by atoms with E-state index in [0.29, 0.717) is 0 Å². The first-order valence-electron chi connectivity index (χ1n) is 23.6. The molecule has 316 valence electrons. The molecule has 0 spiro atoms. The Bertz CT molecular complexity index is 3970. The molecule has 0 N–H and O–H groups in total. The molecule has 13 aromatic rings. The van der Waals surface area contributed by atoms with Crippen molar-refractivity contribution in [1.82, 2.24) is 0 Å². The summed E-state index contributed by atoms with van der Waals surface area (Å²) >= 11 is 0. The van der Waals surface area contributed by atoms with Crippen LogP contribution < -0.4 is 0 Å². The number of fused-ring (bicyclic) bond motifs is 5. The number of hydrogen-bond acceptors (Lipinski definition) is 0.